The lowest BCUT2D eigenvalue weighted by Gasteiger charge is -2.28. The molecular formula is C25H28N4O2. The molecule has 1 aromatic heterocycles. The summed E-state index contributed by atoms with van der Waals surface area (Å²) in [5.74, 6) is 0.644. The van der Waals surface area contributed by atoms with Gasteiger partial charge in [-0.25, -0.2) is 4.98 Å². The van der Waals surface area contributed by atoms with Crippen LogP contribution >= 0.6 is 0 Å². The number of piperidine rings is 1. The quantitative estimate of drug-likeness (QED) is 0.689. The highest BCUT2D eigenvalue weighted by atomic mass is 16.1. The second-order valence-electron chi connectivity index (χ2n) is 8.58. The Morgan fingerprint density at radius 3 is 2.42 bits per heavy atom. The molecule has 2 aromatic carbocycles. The van der Waals surface area contributed by atoms with Crippen LogP contribution in [0.2, 0.25) is 0 Å². The van der Waals surface area contributed by atoms with Crippen molar-refractivity contribution in [1.29, 1.82) is 0 Å². The average molecular weight is 417 g/mol. The zero-order valence-corrected chi connectivity index (χ0v) is 17.8. The average Bonchev–Trinajstić information content (AvgIpc) is 3.06. The van der Waals surface area contributed by atoms with Gasteiger partial charge in [0.25, 0.3) is 11.5 Å². The number of nitrogens with one attached hydrogen (secondary N) is 1. The third kappa shape index (κ3) is 4.07. The Hall–Kier alpha value is -3.15. The summed E-state index contributed by atoms with van der Waals surface area (Å²) in [5.41, 5.74) is 3.08. The number of carbonyl (C=O) groups excluding carboxylic acids is 1. The Balaban J connectivity index is 1.36. The van der Waals surface area contributed by atoms with Gasteiger partial charge in [-0.1, -0.05) is 6.42 Å². The molecule has 31 heavy (non-hydrogen) atoms. The first kappa shape index (κ1) is 19.8. The molecule has 3 heterocycles. The lowest BCUT2D eigenvalue weighted by Crippen LogP contribution is -2.29. The molecule has 0 spiro atoms. The molecule has 2 aliphatic rings. The van der Waals surface area contributed by atoms with E-state index < -0.39 is 0 Å². The topological polar surface area (TPSA) is 67.2 Å². The van der Waals surface area contributed by atoms with Crippen LogP contribution in [0.1, 0.15) is 54.7 Å². The Bertz CT molecular complexity index is 1160. The summed E-state index contributed by atoms with van der Waals surface area (Å²) in [4.78, 5) is 32.8. The zero-order chi connectivity index (χ0) is 21.2. The van der Waals surface area contributed by atoms with Gasteiger partial charge in [-0.3, -0.25) is 14.2 Å². The molecule has 1 amide bonds. The van der Waals surface area contributed by atoms with E-state index in [1.807, 2.05) is 12.1 Å². The maximum absolute atomic E-state index is 12.9. The van der Waals surface area contributed by atoms with E-state index in [0.717, 1.165) is 56.8 Å². The number of anilines is 2. The number of amides is 1. The molecular weight excluding hydrogens is 388 g/mol. The predicted molar refractivity (Wildman–Crippen MR) is 124 cm³/mol. The minimum atomic E-state index is -0.190. The van der Waals surface area contributed by atoms with E-state index in [2.05, 4.69) is 22.3 Å². The summed E-state index contributed by atoms with van der Waals surface area (Å²) in [6.45, 7) is 2.92. The first-order valence-corrected chi connectivity index (χ1v) is 11.4. The third-order valence-corrected chi connectivity index (χ3v) is 6.43. The fourth-order valence-electron chi connectivity index (χ4n) is 4.67. The van der Waals surface area contributed by atoms with Crippen molar-refractivity contribution in [3.8, 4) is 0 Å². The van der Waals surface area contributed by atoms with Crippen LogP contribution in [-0.4, -0.2) is 28.5 Å². The molecule has 0 aliphatic carbocycles. The summed E-state index contributed by atoms with van der Waals surface area (Å²) >= 11 is 0. The molecule has 160 valence electrons. The SMILES string of the molecule is O=C(Nc1ccc(N2CCCCC2)cc1)c1ccc2c(=O)n3c(nc2c1)CCCCC3. The van der Waals surface area contributed by atoms with Crippen molar-refractivity contribution in [3.63, 3.8) is 0 Å². The van der Waals surface area contributed by atoms with Gasteiger partial charge in [0.15, 0.2) is 0 Å². The van der Waals surface area contributed by atoms with Crippen molar-refractivity contribution in [2.45, 2.75) is 51.5 Å². The van der Waals surface area contributed by atoms with Crippen LogP contribution in [0.5, 0.6) is 0 Å². The van der Waals surface area contributed by atoms with Gasteiger partial charge < -0.3 is 10.2 Å². The summed E-state index contributed by atoms with van der Waals surface area (Å²) in [5, 5.41) is 3.55. The van der Waals surface area contributed by atoms with E-state index >= 15 is 0 Å². The highest BCUT2D eigenvalue weighted by molar-refractivity contribution is 6.06. The molecule has 0 saturated carbocycles. The molecule has 3 aromatic rings. The third-order valence-electron chi connectivity index (χ3n) is 6.43. The number of benzene rings is 2. The molecule has 0 radical (unpaired) electrons. The largest absolute Gasteiger partial charge is 0.372 e. The van der Waals surface area contributed by atoms with E-state index in [0.29, 0.717) is 16.5 Å². The molecule has 5 rings (SSSR count). The van der Waals surface area contributed by atoms with Crippen molar-refractivity contribution in [1.82, 2.24) is 9.55 Å². The second kappa shape index (κ2) is 8.53. The van der Waals surface area contributed by atoms with Crippen LogP contribution in [0.4, 0.5) is 11.4 Å². The van der Waals surface area contributed by atoms with E-state index in [-0.39, 0.29) is 11.5 Å². The number of rotatable bonds is 3. The van der Waals surface area contributed by atoms with Gasteiger partial charge in [0, 0.05) is 43.0 Å². The van der Waals surface area contributed by atoms with Gasteiger partial charge in [-0.15, -0.1) is 0 Å². The molecule has 1 fully saturated rings. The van der Waals surface area contributed by atoms with Crippen LogP contribution < -0.4 is 15.8 Å². The summed E-state index contributed by atoms with van der Waals surface area (Å²) < 4.78 is 1.80. The first-order valence-electron chi connectivity index (χ1n) is 11.4. The lowest BCUT2D eigenvalue weighted by molar-refractivity contribution is 0.102. The number of hydrogen-bond donors (Lipinski definition) is 1. The molecule has 1 saturated heterocycles. The van der Waals surface area contributed by atoms with Crippen molar-refractivity contribution >= 4 is 28.2 Å². The Kier molecular flexibility index (Phi) is 5.45. The van der Waals surface area contributed by atoms with Crippen molar-refractivity contribution in [2.75, 3.05) is 23.3 Å². The van der Waals surface area contributed by atoms with Crippen LogP contribution in [0.3, 0.4) is 0 Å². The Morgan fingerprint density at radius 2 is 1.61 bits per heavy atom. The summed E-state index contributed by atoms with van der Waals surface area (Å²) in [6.07, 6.45) is 7.76. The number of fused-ring (bicyclic) bond motifs is 2. The number of aryl methyl sites for hydroxylation is 1. The van der Waals surface area contributed by atoms with Crippen LogP contribution in [-0.2, 0) is 13.0 Å². The van der Waals surface area contributed by atoms with Gasteiger partial charge in [-0.2, -0.15) is 0 Å². The normalized spacial score (nSPS) is 16.6. The van der Waals surface area contributed by atoms with Gasteiger partial charge in [-0.05, 0) is 74.6 Å². The fraction of sp³-hybridized carbons (Fsp3) is 0.400. The summed E-state index contributed by atoms with van der Waals surface area (Å²) in [7, 11) is 0. The summed E-state index contributed by atoms with van der Waals surface area (Å²) in [6, 6.07) is 13.2. The predicted octanol–water partition coefficient (Wildman–Crippen LogP) is 4.37. The van der Waals surface area contributed by atoms with Crippen LogP contribution in [0, 0.1) is 0 Å². The number of hydrogen-bond acceptors (Lipinski definition) is 4. The molecule has 2 aliphatic heterocycles. The van der Waals surface area contributed by atoms with Gasteiger partial charge >= 0.3 is 0 Å². The molecule has 0 bridgehead atoms. The smallest absolute Gasteiger partial charge is 0.261 e. The lowest BCUT2D eigenvalue weighted by atomic mass is 10.1. The van der Waals surface area contributed by atoms with E-state index in [1.54, 1.807) is 22.8 Å². The first-order chi connectivity index (χ1) is 15.2. The van der Waals surface area contributed by atoms with Gasteiger partial charge in [0.2, 0.25) is 0 Å². The maximum Gasteiger partial charge on any atom is 0.261 e. The van der Waals surface area contributed by atoms with Crippen molar-refractivity contribution in [3.05, 3.63) is 64.2 Å². The molecule has 6 heteroatoms. The molecule has 0 unspecified atom stereocenters. The highest BCUT2D eigenvalue weighted by Gasteiger charge is 2.16. The number of aromatic nitrogens is 2. The van der Waals surface area contributed by atoms with E-state index in [1.165, 1.54) is 24.9 Å². The minimum Gasteiger partial charge on any atom is -0.372 e. The number of carbonyl (C=O) groups is 1. The Morgan fingerprint density at radius 1 is 0.871 bits per heavy atom. The van der Waals surface area contributed by atoms with Crippen molar-refractivity contribution < 1.29 is 4.79 Å². The van der Waals surface area contributed by atoms with Gasteiger partial charge in [0.1, 0.15) is 5.82 Å². The van der Waals surface area contributed by atoms with Gasteiger partial charge in [0.05, 0.1) is 10.9 Å². The Labute approximate surface area is 181 Å². The highest BCUT2D eigenvalue weighted by Crippen LogP contribution is 2.22. The van der Waals surface area contributed by atoms with E-state index in [4.69, 9.17) is 4.98 Å². The monoisotopic (exact) mass is 416 g/mol. The molecule has 1 N–H and O–H groups in total. The molecule has 6 nitrogen and oxygen atoms in total. The second-order valence-corrected chi connectivity index (χ2v) is 8.58. The molecule has 0 atom stereocenters. The maximum atomic E-state index is 12.9. The zero-order valence-electron chi connectivity index (χ0n) is 17.8. The minimum absolute atomic E-state index is 0.00200. The standard InChI is InChI=1S/C25H28N4O2/c30-24(26-19-9-11-20(12-10-19)28-14-4-2-5-15-28)18-8-13-21-22(17-18)27-23-7-3-1-6-16-29(23)25(21)31/h8-13,17H,1-7,14-16H2,(H,26,30). The fourth-order valence-corrected chi connectivity index (χ4v) is 4.67. The van der Waals surface area contributed by atoms with Crippen LogP contribution in [0.15, 0.2) is 47.3 Å². The number of nitrogens with zero attached hydrogens (tertiary/aromatic N) is 3. The van der Waals surface area contributed by atoms with Crippen molar-refractivity contribution in [2.24, 2.45) is 0 Å². The van der Waals surface area contributed by atoms with E-state index in [9.17, 15) is 9.59 Å². The van der Waals surface area contributed by atoms with Crippen LogP contribution in [0.25, 0.3) is 10.9 Å².